The zero-order valence-electron chi connectivity index (χ0n) is 17.1. The van der Waals surface area contributed by atoms with Crippen LogP contribution in [0.4, 0.5) is 0 Å². The van der Waals surface area contributed by atoms with E-state index in [1.54, 1.807) is 41.3 Å². The molecule has 0 radical (unpaired) electrons. The summed E-state index contributed by atoms with van der Waals surface area (Å²) in [7, 11) is -3.45. The number of para-hydroxylation sites is 1. The van der Waals surface area contributed by atoms with Crippen LogP contribution in [0.3, 0.4) is 0 Å². The summed E-state index contributed by atoms with van der Waals surface area (Å²) in [4.78, 5) is 34.6. The van der Waals surface area contributed by atoms with Gasteiger partial charge in [-0.3, -0.25) is 9.59 Å². The fourth-order valence-electron chi connectivity index (χ4n) is 3.69. The molecule has 2 heterocycles. The third kappa shape index (κ3) is 4.83. The van der Waals surface area contributed by atoms with Crippen LogP contribution in [0.2, 0.25) is 0 Å². The molecule has 0 unspecified atom stereocenters. The van der Waals surface area contributed by atoms with Gasteiger partial charge in [0.2, 0.25) is 0 Å². The smallest absolute Gasteiger partial charge is 0.258 e. The molecule has 8 nitrogen and oxygen atoms in total. The Labute approximate surface area is 179 Å². The van der Waals surface area contributed by atoms with Gasteiger partial charge in [0, 0.05) is 25.0 Å². The molecule has 3 aromatic rings. The summed E-state index contributed by atoms with van der Waals surface area (Å²) in [5, 5.41) is 0.476. The molecule has 1 saturated heterocycles. The van der Waals surface area contributed by atoms with Crippen molar-refractivity contribution >= 4 is 26.6 Å². The van der Waals surface area contributed by atoms with E-state index in [4.69, 9.17) is 4.74 Å². The van der Waals surface area contributed by atoms with Gasteiger partial charge in [0.1, 0.15) is 5.82 Å². The SMILES string of the molecule is CS(=O)(=O)c1cccc(C(=O)N(Cc2nc3ccccc3c(=O)[nH]2)C[C@@H]2CCCO2)c1. The van der Waals surface area contributed by atoms with E-state index < -0.39 is 9.84 Å². The van der Waals surface area contributed by atoms with Crippen molar-refractivity contribution in [1.82, 2.24) is 14.9 Å². The van der Waals surface area contributed by atoms with E-state index in [0.717, 1.165) is 19.1 Å². The zero-order valence-corrected chi connectivity index (χ0v) is 17.9. The highest BCUT2D eigenvalue weighted by molar-refractivity contribution is 7.90. The summed E-state index contributed by atoms with van der Waals surface area (Å²) in [6, 6.07) is 13.0. The van der Waals surface area contributed by atoms with Gasteiger partial charge in [-0.1, -0.05) is 18.2 Å². The molecule has 0 aliphatic carbocycles. The van der Waals surface area contributed by atoms with E-state index in [1.807, 2.05) is 0 Å². The Morgan fingerprint density at radius 2 is 2.03 bits per heavy atom. The third-order valence-electron chi connectivity index (χ3n) is 5.25. The highest BCUT2D eigenvalue weighted by Gasteiger charge is 2.25. The molecule has 9 heteroatoms. The average molecular weight is 442 g/mol. The second-order valence-corrected chi connectivity index (χ2v) is 9.67. The molecule has 1 fully saturated rings. The number of amides is 1. The van der Waals surface area contributed by atoms with E-state index >= 15 is 0 Å². The first kappa shape index (κ1) is 21.2. The molecule has 31 heavy (non-hydrogen) atoms. The van der Waals surface area contributed by atoms with Gasteiger partial charge in [0.05, 0.1) is 28.4 Å². The number of fused-ring (bicyclic) bond motifs is 1. The number of benzene rings is 2. The number of sulfone groups is 1. The van der Waals surface area contributed by atoms with Gasteiger partial charge in [-0.2, -0.15) is 0 Å². The van der Waals surface area contributed by atoms with Crippen molar-refractivity contribution in [2.75, 3.05) is 19.4 Å². The molecule has 1 atom stereocenters. The van der Waals surface area contributed by atoms with Crippen LogP contribution in [0.5, 0.6) is 0 Å². The summed E-state index contributed by atoms with van der Waals surface area (Å²) in [5.41, 5.74) is 0.526. The largest absolute Gasteiger partial charge is 0.376 e. The number of carbonyl (C=O) groups is 1. The fraction of sp³-hybridized carbons (Fsp3) is 0.318. The average Bonchev–Trinajstić information content (AvgIpc) is 3.25. The minimum absolute atomic E-state index is 0.0713. The predicted octanol–water partition coefficient (Wildman–Crippen LogP) is 2.15. The lowest BCUT2D eigenvalue weighted by atomic mass is 10.1. The van der Waals surface area contributed by atoms with E-state index in [1.165, 1.54) is 12.1 Å². The van der Waals surface area contributed by atoms with Crippen LogP contribution in [0.15, 0.2) is 58.2 Å². The Hall–Kier alpha value is -3.04. The van der Waals surface area contributed by atoms with Crippen LogP contribution >= 0.6 is 0 Å². The number of hydrogen-bond donors (Lipinski definition) is 1. The molecule has 1 N–H and O–H groups in total. The number of nitrogens with one attached hydrogen (secondary N) is 1. The fourth-order valence-corrected chi connectivity index (χ4v) is 4.35. The lowest BCUT2D eigenvalue weighted by Crippen LogP contribution is -2.38. The minimum Gasteiger partial charge on any atom is -0.376 e. The van der Waals surface area contributed by atoms with Crippen LogP contribution in [0, 0.1) is 0 Å². The van der Waals surface area contributed by atoms with E-state index in [9.17, 15) is 18.0 Å². The maximum absolute atomic E-state index is 13.3. The lowest BCUT2D eigenvalue weighted by molar-refractivity contribution is 0.0501. The Morgan fingerprint density at radius 1 is 1.23 bits per heavy atom. The maximum atomic E-state index is 13.3. The summed E-state index contributed by atoms with van der Waals surface area (Å²) in [6.07, 6.45) is 2.73. The standard InChI is InChI=1S/C22H23N3O5S/c1-31(28,29)17-8-4-6-15(12-17)22(27)25(13-16-7-5-11-30-16)14-20-23-19-10-3-2-9-18(19)21(26)24-20/h2-4,6,8-10,12,16H,5,7,11,13-14H2,1H3,(H,23,24,26)/t16-/m0/s1. The van der Waals surface area contributed by atoms with Gasteiger partial charge < -0.3 is 14.6 Å². The third-order valence-corrected chi connectivity index (χ3v) is 6.36. The molecule has 0 spiro atoms. The van der Waals surface area contributed by atoms with E-state index in [2.05, 4.69) is 9.97 Å². The first-order valence-corrected chi connectivity index (χ1v) is 11.9. The van der Waals surface area contributed by atoms with E-state index in [0.29, 0.717) is 29.9 Å². The van der Waals surface area contributed by atoms with Crippen LogP contribution in [0.25, 0.3) is 10.9 Å². The molecular weight excluding hydrogens is 418 g/mol. The van der Waals surface area contributed by atoms with E-state index in [-0.39, 0.29) is 34.6 Å². The van der Waals surface area contributed by atoms with Crippen molar-refractivity contribution in [3.63, 3.8) is 0 Å². The van der Waals surface area contributed by atoms with Crippen LogP contribution in [-0.2, 0) is 21.1 Å². The number of aromatic amines is 1. The normalized spacial score (nSPS) is 16.5. The van der Waals surface area contributed by atoms with Crippen molar-refractivity contribution in [2.24, 2.45) is 0 Å². The number of rotatable bonds is 6. The van der Waals surface area contributed by atoms with Crippen molar-refractivity contribution in [2.45, 2.75) is 30.4 Å². The number of carbonyl (C=O) groups excluding carboxylic acids is 1. The number of H-pyrrole nitrogens is 1. The van der Waals surface area contributed by atoms with Crippen molar-refractivity contribution in [3.05, 3.63) is 70.3 Å². The lowest BCUT2D eigenvalue weighted by Gasteiger charge is -2.25. The summed E-state index contributed by atoms with van der Waals surface area (Å²) in [6.45, 7) is 1.03. The second kappa shape index (κ2) is 8.60. The Balaban J connectivity index is 1.67. The molecule has 0 saturated carbocycles. The molecule has 0 bridgehead atoms. The van der Waals surface area contributed by atoms with Crippen LogP contribution in [-0.4, -0.2) is 54.7 Å². The first-order chi connectivity index (χ1) is 14.8. The predicted molar refractivity (Wildman–Crippen MR) is 116 cm³/mol. The van der Waals surface area contributed by atoms with Crippen LogP contribution in [0.1, 0.15) is 29.0 Å². The van der Waals surface area contributed by atoms with Gasteiger partial charge in [0.15, 0.2) is 9.84 Å². The van der Waals surface area contributed by atoms with Gasteiger partial charge in [0.25, 0.3) is 11.5 Å². The monoisotopic (exact) mass is 441 g/mol. The number of ether oxygens (including phenoxy) is 1. The quantitative estimate of drug-likeness (QED) is 0.628. The Morgan fingerprint density at radius 3 is 2.77 bits per heavy atom. The molecule has 1 aliphatic heterocycles. The van der Waals surface area contributed by atoms with Gasteiger partial charge in [-0.15, -0.1) is 0 Å². The van der Waals surface area contributed by atoms with Crippen LogP contribution < -0.4 is 5.56 Å². The number of hydrogen-bond acceptors (Lipinski definition) is 6. The summed E-state index contributed by atoms with van der Waals surface area (Å²) >= 11 is 0. The Kier molecular flexibility index (Phi) is 5.88. The van der Waals surface area contributed by atoms with Crippen molar-refractivity contribution < 1.29 is 17.9 Å². The van der Waals surface area contributed by atoms with Gasteiger partial charge in [-0.05, 0) is 43.2 Å². The van der Waals surface area contributed by atoms with Crippen molar-refractivity contribution in [1.29, 1.82) is 0 Å². The molecule has 2 aromatic carbocycles. The van der Waals surface area contributed by atoms with Gasteiger partial charge >= 0.3 is 0 Å². The molecule has 1 aliphatic rings. The second-order valence-electron chi connectivity index (χ2n) is 7.65. The molecule has 1 aromatic heterocycles. The molecule has 4 rings (SSSR count). The zero-order chi connectivity index (χ0) is 22.0. The molecule has 1 amide bonds. The number of aromatic nitrogens is 2. The summed E-state index contributed by atoms with van der Waals surface area (Å²) in [5.74, 6) is 0.00567. The molecule has 162 valence electrons. The summed E-state index contributed by atoms with van der Waals surface area (Å²) < 4.78 is 29.5. The number of nitrogens with zero attached hydrogens (tertiary/aromatic N) is 2. The minimum atomic E-state index is -3.45. The molecular formula is C22H23N3O5S. The Bertz CT molecular complexity index is 1280. The highest BCUT2D eigenvalue weighted by atomic mass is 32.2. The highest BCUT2D eigenvalue weighted by Crippen LogP contribution is 2.19. The first-order valence-electron chi connectivity index (χ1n) is 10.0. The van der Waals surface area contributed by atoms with Gasteiger partial charge in [-0.25, -0.2) is 13.4 Å². The topological polar surface area (TPSA) is 109 Å². The maximum Gasteiger partial charge on any atom is 0.258 e. The van der Waals surface area contributed by atoms with Crippen molar-refractivity contribution in [3.8, 4) is 0 Å².